The molecular formula is C18H17BrFN7. The molecule has 138 valence electrons. The zero-order valence-corrected chi connectivity index (χ0v) is 16.3. The van der Waals surface area contributed by atoms with E-state index in [1.165, 1.54) is 12.1 Å². The average molecular weight is 430 g/mol. The molecule has 7 nitrogen and oxygen atoms in total. The van der Waals surface area contributed by atoms with Gasteiger partial charge < -0.3 is 10.2 Å². The van der Waals surface area contributed by atoms with Crippen LogP contribution < -0.4 is 15.6 Å². The van der Waals surface area contributed by atoms with E-state index in [4.69, 9.17) is 0 Å². The number of hydrogen-bond donors (Lipinski definition) is 2. The van der Waals surface area contributed by atoms with E-state index in [2.05, 4.69) is 46.7 Å². The molecule has 1 aromatic heterocycles. The van der Waals surface area contributed by atoms with Gasteiger partial charge in [0.05, 0.1) is 6.21 Å². The number of aromatic nitrogens is 3. The van der Waals surface area contributed by atoms with Crippen molar-refractivity contribution in [2.75, 3.05) is 29.7 Å². The number of rotatable bonds is 6. The minimum absolute atomic E-state index is 0.282. The zero-order valence-electron chi connectivity index (χ0n) is 14.7. The Morgan fingerprint density at radius 3 is 2.48 bits per heavy atom. The summed E-state index contributed by atoms with van der Waals surface area (Å²) in [6.45, 7) is 0. The molecule has 0 radical (unpaired) electrons. The molecule has 0 saturated carbocycles. The Morgan fingerprint density at radius 2 is 1.78 bits per heavy atom. The number of halogens is 2. The highest BCUT2D eigenvalue weighted by atomic mass is 79.9. The Balaban J connectivity index is 1.79. The van der Waals surface area contributed by atoms with Crippen LogP contribution in [0.25, 0.3) is 0 Å². The Hall–Kier alpha value is -3.07. The van der Waals surface area contributed by atoms with Crippen molar-refractivity contribution in [2.24, 2.45) is 5.10 Å². The first-order chi connectivity index (χ1) is 13.0. The van der Waals surface area contributed by atoms with Crippen molar-refractivity contribution in [2.45, 2.75) is 0 Å². The number of benzene rings is 2. The van der Waals surface area contributed by atoms with Crippen molar-refractivity contribution in [3.8, 4) is 0 Å². The molecule has 27 heavy (non-hydrogen) atoms. The van der Waals surface area contributed by atoms with Crippen LogP contribution in [0.15, 0.2) is 58.1 Å². The van der Waals surface area contributed by atoms with Gasteiger partial charge in [0.25, 0.3) is 0 Å². The van der Waals surface area contributed by atoms with Gasteiger partial charge in [-0.1, -0.05) is 28.1 Å². The first kappa shape index (κ1) is 18.7. The Morgan fingerprint density at radius 1 is 1.04 bits per heavy atom. The van der Waals surface area contributed by atoms with Crippen molar-refractivity contribution in [1.82, 2.24) is 15.0 Å². The molecule has 3 aromatic rings. The number of anilines is 4. The summed E-state index contributed by atoms with van der Waals surface area (Å²) in [5.41, 5.74) is 4.39. The highest BCUT2D eigenvalue weighted by Crippen LogP contribution is 2.17. The summed E-state index contributed by atoms with van der Waals surface area (Å²) >= 11 is 3.42. The molecule has 0 unspecified atom stereocenters. The second kappa shape index (κ2) is 8.54. The number of nitrogens with one attached hydrogen (secondary N) is 2. The van der Waals surface area contributed by atoms with Crippen molar-refractivity contribution < 1.29 is 4.39 Å². The molecule has 9 heteroatoms. The first-order valence-electron chi connectivity index (χ1n) is 8.00. The highest BCUT2D eigenvalue weighted by molar-refractivity contribution is 9.10. The molecule has 0 aliphatic rings. The van der Waals surface area contributed by atoms with Crippen molar-refractivity contribution >= 4 is 45.7 Å². The van der Waals surface area contributed by atoms with E-state index in [1.807, 2.05) is 38.4 Å². The molecule has 0 aliphatic carbocycles. The first-order valence-corrected chi connectivity index (χ1v) is 8.79. The van der Waals surface area contributed by atoms with Gasteiger partial charge in [-0.05, 0) is 42.0 Å². The summed E-state index contributed by atoms with van der Waals surface area (Å²) < 4.78 is 14.0. The van der Waals surface area contributed by atoms with Gasteiger partial charge in [0.15, 0.2) is 0 Å². The van der Waals surface area contributed by atoms with E-state index in [9.17, 15) is 4.39 Å². The van der Waals surface area contributed by atoms with Crippen LogP contribution in [-0.2, 0) is 0 Å². The lowest BCUT2D eigenvalue weighted by molar-refractivity contribution is 0.628. The van der Waals surface area contributed by atoms with E-state index in [0.717, 1.165) is 10.0 Å². The maximum Gasteiger partial charge on any atom is 0.250 e. The standard InChI is InChI=1S/C18H17BrFN7/c1-27(2)18-24-16(22-15-8-6-14(20)7-9-15)23-17(25-18)26-21-11-12-4-3-5-13(19)10-12/h3-11H,1-2H3,(H2,22,23,24,25,26)/b21-11-. The predicted octanol–water partition coefficient (Wildman–Crippen LogP) is 4.03. The van der Waals surface area contributed by atoms with Gasteiger partial charge in [-0.15, -0.1) is 0 Å². The van der Waals surface area contributed by atoms with Gasteiger partial charge in [0, 0.05) is 24.3 Å². The molecule has 0 bridgehead atoms. The van der Waals surface area contributed by atoms with E-state index in [1.54, 1.807) is 23.2 Å². The smallest absolute Gasteiger partial charge is 0.250 e. The largest absolute Gasteiger partial charge is 0.347 e. The summed E-state index contributed by atoms with van der Waals surface area (Å²) in [6.07, 6.45) is 1.66. The molecule has 0 amide bonds. The summed E-state index contributed by atoms with van der Waals surface area (Å²) in [5, 5.41) is 7.20. The maximum atomic E-state index is 13.1. The predicted molar refractivity (Wildman–Crippen MR) is 109 cm³/mol. The lowest BCUT2D eigenvalue weighted by Crippen LogP contribution is -2.15. The van der Waals surface area contributed by atoms with Crippen LogP contribution in [0, 0.1) is 5.82 Å². The van der Waals surface area contributed by atoms with Gasteiger partial charge in [0.1, 0.15) is 5.82 Å². The van der Waals surface area contributed by atoms with Crippen LogP contribution in [0.3, 0.4) is 0 Å². The number of hydrazone groups is 1. The molecule has 0 aliphatic heterocycles. The van der Waals surface area contributed by atoms with Crippen LogP contribution in [0.4, 0.5) is 27.9 Å². The second-order valence-electron chi connectivity index (χ2n) is 5.73. The fraction of sp³-hybridized carbons (Fsp3) is 0.111. The third kappa shape index (κ3) is 5.45. The highest BCUT2D eigenvalue weighted by Gasteiger charge is 2.08. The van der Waals surface area contributed by atoms with Crippen LogP contribution in [0.5, 0.6) is 0 Å². The molecule has 2 N–H and O–H groups in total. The van der Waals surface area contributed by atoms with E-state index >= 15 is 0 Å². The molecule has 0 atom stereocenters. The van der Waals surface area contributed by atoms with Crippen molar-refractivity contribution in [3.05, 3.63) is 64.4 Å². The number of hydrogen-bond acceptors (Lipinski definition) is 7. The molecule has 1 heterocycles. The monoisotopic (exact) mass is 429 g/mol. The summed E-state index contributed by atoms with van der Waals surface area (Å²) in [6, 6.07) is 13.6. The normalized spacial score (nSPS) is 10.8. The minimum Gasteiger partial charge on any atom is -0.347 e. The Labute approximate surface area is 164 Å². The minimum atomic E-state index is -0.311. The molecule has 0 spiro atoms. The van der Waals surface area contributed by atoms with E-state index in [-0.39, 0.29) is 11.8 Å². The summed E-state index contributed by atoms with van der Waals surface area (Å²) in [4.78, 5) is 14.7. The Bertz CT molecular complexity index is 945. The summed E-state index contributed by atoms with van der Waals surface area (Å²) in [7, 11) is 3.65. The lowest BCUT2D eigenvalue weighted by Gasteiger charge is -2.13. The fourth-order valence-corrected chi connectivity index (χ4v) is 2.50. The third-order valence-corrected chi connectivity index (χ3v) is 3.84. The lowest BCUT2D eigenvalue weighted by atomic mass is 10.2. The second-order valence-corrected chi connectivity index (χ2v) is 6.65. The zero-order chi connectivity index (χ0) is 19.2. The Kier molecular flexibility index (Phi) is 5.92. The van der Waals surface area contributed by atoms with E-state index < -0.39 is 0 Å². The average Bonchev–Trinajstić information content (AvgIpc) is 2.63. The van der Waals surface area contributed by atoms with Crippen LogP contribution in [0.1, 0.15) is 5.56 Å². The van der Waals surface area contributed by atoms with Crippen LogP contribution in [-0.4, -0.2) is 35.3 Å². The van der Waals surface area contributed by atoms with E-state index in [0.29, 0.717) is 17.6 Å². The topological polar surface area (TPSA) is 78.3 Å². The SMILES string of the molecule is CN(C)c1nc(N/N=C\c2cccc(Br)c2)nc(Nc2ccc(F)cc2)n1. The molecular weight excluding hydrogens is 413 g/mol. The molecule has 3 rings (SSSR count). The molecule has 0 saturated heterocycles. The van der Waals surface area contributed by atoms with Crippen LogP contribution in [0.2, 0.25) is 0 Å². The third-order valence-electron chi connectivity index (χ3n) is 3.35. The van der Waals surface area contributed by atoms with Crippen molar-refractivity contribution in [1.29, 1.82) is 0 Å². The van der Waals surface area contributed by atoms with Gasteiger partial charge in [-0.25, -0.2) is 9.82 Å². The van der Waals surface area contributed by atoms with Gasteiger partial charge in [0.2, 0.25) is 17.8 Å². The fourth-order valence-electron chi connectivity index (χ4n) is 2.08. The molecule has 2 aromatic carbocycles. The quantitative estimate of drug-likeness (QED) is 0.454. The van der Waals surface area contributed by atoms with Gasteiger partial charge >= 0.3 is 0 Å². The van der Waals surface area contributed by atoms with Crippen LogP contribution >= 0.6 is 15.9 Å². The molecule has 0 fully saturated rings. The maximum absolute atomic E-state index is 13.1. The van der Waals surface area contributed by atoms with Gasteiger partial charge in [-0.2, -0.15) is 20.1 Å². The van der Waals surface area contributed by atoms with Crippen molar-refractivity contribution in [3.63, 3.8) is 0 Å². The number of nitrogens with zero attached hydrogens (tertiary/aromatic N) is 5. The van der Waals surface area contributed by atoms with Gasteiger partial charge in [-0.3, -0.25) is 0 Å². The summed E-state index contributed by atoms with van der Waals surface area (Å²) in [5.74, 6) is 0.745.